The van der Waals surface area contributed by atoms with Crippen LogP contribution in [0.4, 0.5) is 0 Å². The zero-order valence-corrected chi connectivity index (χ0v) is 17.4. The van der Waals surface area contributed by atoms with Gasteiger partial charge in [-0.3, -0.25) is 9.59 Å². The lowest BCUT2D eigenvalue weighted by Crippen LogP contribution is -2.75. The summed E-state index contributed by atoms with van der Waals surface area (Å²) >= 11 is 6.01. The summed E-state index contributed by atoms with van der Waals surface area (Å²) in [7, 11) is 0. The maximum atomic E-state index is 12.6. The first kappa shape index (κ1) is 19.1. The quantitative estimate of drug-likeness (QED) is 0.596. The fourth-order valence-electron chi connectivity index (χ4n) is 5.04. The van der Waals surface area contributed by atoms with Crippen LogP contribution in [0.3, 0.4) is 0 Å². The van der Waals surface area contributed by atoms with Crippen LogP contribution in [0, 0.1) is 12.3 Å². The molecule has 3 fully saturated rings. The van der Waals surface area contributed by atoms with Crippen molar-refractivity contribution >= 4 is 34.3 Å². The topological polar surface area (TPSA) is 84.1 Å². The Morgan fingerprint density at radius 2 is 2.03 bits per heavy atom. The van der Waals surface area contributed by atoms with Gasteiger partial charge >= 0.3 is 0 Å². The van der Waals surface area contributed by atoms with Crippen molar-refractivity contribution in [2.45, 2.75) is 38.1 Å². The standard InChI is InChI=1S/C23H22ClN3O3/c1-14-6-18(2-3-19(14)24)30-10-17(28)8-22-11-23(12-22,13-22)27-21(29)16-7-15-4-5-25-20(15)26-9-16/h2-7,9H,8,10-13H2,1H3,(H,25,26)(H,27,29). The molecule has 6 nitrogen and oxygen atoms in total. The molecule has 30 heavy (non-hydrogen) atoms. The highest BCUT2D eigenvalue weighted by molar-refractivity contribution is 6.31. The van der Waals surface area contributed by atoms with Crippen LogP contribution < -0.4 is 10.1 Å². The number of carbonyl (C=O) groups is 2. The van der Waals surface area contributed by atoms with Crippen LogP contribution in [-0.2, 0) is 4.79 Å². The molecule has 0 atom stereocenters. The number of rotatable bonds is 7. The number of carbonyl (C=O) groups excluding carboxylic acids is 2. The number of Topliss-reactive ketones (excluding diaryl/α,β-unsaturated/α-hetero) is 1. The number of pyridine rings is 1. The molecule has 1 aromatic carbocycles. The largest absolute Gasteiger partial charge is 0.486 e. The van der Waals surface area contributed by atoms with Gasteiger partial charge in [-0.05, 0) is 67.5 Å². The van der Waals surface area contributed by atoms with E-state index in [2.05, 4.69) is 15.3 Å². The number of amides is 1. The minimum Gasteiger partial charge on any atom is -0.486 e. The summed E-state index contributed by atoms with van der Waals surface area (Å²) in [5.74, 6) is 0.635. The Hall–Kier alpha value is -2.86. The molecule has 2 N–H and O–H groups in total. The van der Waals surface area contributed by atoms with Gasteiger partial charge in [0.25, 0.3) is 5.91 Å². The Balaban J connectivity index is 1.11. The average molecular weight is 424 g/mol. The molecule has 0 aliphatic heterocycles. The Morgan fingerprint density at radius 3 is 2.80 bits per heavy atom. The SMILES string of the molecule is Cc1cc(OCC(=O)CC23CC(NC(=O)c4cnc5[nH]ccc5c4)(C2)C3)ccc1Cl. The van der Waals surface area contributed by atoms with Gasteiger partial charge in [0.1, 0.15) is 18.0 Å². The van der Waals surface area contributed by atoms with Crippen LogP contribution >= 0.6 is 11.6 Å². The smallest absolute Gasteiger partial charge is 0.253 e. The first-order valence-corrected chi connectivity index (χ1v) is 10.4. The molecule has 0 unspecified atom stereocenters. The van der Waals surface area contributed by atoms with E-state index < -0.39 is 0 Å². The normalized spacial score (nSPS) is 24.1. The van der Waals surface area contributed by atoms with Crippen LogP contribution in [0.15, 0.2) is 42.7 Å². The fourth-order valence-corrected chi connectivity index (χ4v) is 5.15. The Kier molecular flexibility index (Phi) is 4.36. The van der Waals surface area contributed by atoms with Crippen molar-refractivity contribution in [3.05, 3.63) is 58.9 Å². The van der Waals surface area contributed by atoms with Gasteiger partial charge in [-0.1, -0.05) is 11.6 Å². The molecule has 3 aromatic rings. The molecule has 3 saturated carbocycles. The summed E-state index contributed by atoms with van der Waals surface area (Å²) < 4.78 is 5.62. The van der Waals surface area contributed by atoms with Gasteiger partial charge < -0.3 is 15.0 Å². The van der Waals surface area contributed by atoms with E-state index >= 15 is 0 Å². The number of hydrogen-bond acceptors (Lipinski definition) is 4. The van der Waals surface area contributed by atoms with Crippen LogP contribution in [0.2, 0.25) is 5.02 Å². The van der Waals surface area contributed by atoms with Crippen molar-refractivity contribution in [3.8, 4) is 5.75 Å². The number of nitrogens with zero attached hydrogens (tertiary/aromatic N) is 1. The Bertz CT molecular complexity index is 1150. The molecule has 2 heterocycles. The molecular weight excluding hydrogens is 402 g/mol. The third-order valence-corrected chi connectivity index (χ3v) is 6.71. The molecule has 154 valence electrons. The number of ether oxygens (including phenoxy) is 1. The fraction of sp³-hybridized carbons (Fsp3) is 0.348. The van der Waals surface area contributed by atoms with Gasteiger partial charge in [-0.2, -0.15) is 0 Å². The van der Waals surface area contributed by atoms with Crippen molar-refractivity contribution in [2.24, 2.45) is 5.41 Å². The van der Waals surface area contributed by atoms with Crippen molar-refractivity contribution < 1.29 is 14.3 Å². The first-order chi connectivity index (χ1) is 14.4. The van der Waals surface area contributed by atoms with Gasteiger partial charge in [0.15, 0.2) is 5.78 Å². The highest BCUT2D eigenvalue weighted by Gasteiger charge is 2.68. The van der Waals surface area contributed by atoms with Gasteiger partial charge in [0, 0.05) is 34.8 Å². The van der Waals surface area contributed by atoms with E-state index in [0.717, 1.165) is 35.9 Å². The predicted molar refractivity (Wildman–Crippen MR) is 114 cm³/mol. The predicted octanol–water partition coefficient (Wildman–Crippen LogP) is 4.22. The average Bonchev–Trinajstić information content (AvgIpc) is 3.14. The molecule has 0 radical (unpaired) electrons. The van der Waals surface area contributed by atoms with Crippen LogP contribution in [0.1, 0.15) is 41.6 Å². The molecule has 3 aliphatic carbocycles. The van der Waals surface area contributed by atoms with Crippen molar-refractivity contribution in [3.63, 3.8) is 0 Å². The summed E-state index contributed by atoms with van der Waals surface area (Å²) in [6.07, 6.45) is 6.42. The van der Waals surface area contributed by atoms with E-state index in [1.165, 1.54) is 0 Å². The molecular formula is C23H22ClN3O3. The number of hydrogen-bond donors (Lipinski definition) is 2. The molecule has 2 aromatic heterocycles. The van der Waals surface area contributed by atoms with Gasteiger partial charge in [-0.15, -0.1) is 0 Å². The van der Waals surface area contributed by atoms with E-state index in [0.29, 0.717) is 22.8 Å². The number of aromatic amines is 1. The minimum absolute atomic E-state index is 0.0203. The molecule has 6 rings (SSSR count). The van der Waals surface area contributed by atoms with E-state index in [9.17, 15) is 9.59 Å². The van der Waals surface area contributed by atoms with Gasteiger partial charge in [-0.25, -0.2) is 4.98 Å². The van der Waals surface area contributed by atoms with Gasteiger partial charge in [0.2, 0.25) is 0 Å². The lowest BCUT2D eigenvalue weighted by molar-refractivity contribution is -0.162. The number of benzene rings is 1. The first-order valence-electron chi connectivity index (χ1n) is 10.0. The van der Waals surface area contributed by atoms with Gasteiger partial charge in [0.05, 0.1) is 5.56 Å². The molecule has 1 amide bonds. The zero-order chi connectivity index (χ0) is 20.9. The molecule has 2 bridgehead atoms. The number of aromatic nitrogens is 2. The second-order valence-corrected chi connectivity index (χ2v) is 9.23. The highest BCUT2D eigenvalue weighted by atomic mass is 35.5. The molecule has 7 heteroatoms. The maximum Gasteiger partial charge on any atom is 0.253 e. The van der Waals surface area contributed by atoms with Crippen molar-refractivity contribution in [1.82, 2.24) is 15.3 Å². The lowest BCUT2D eigenvalue weighted by Gasteiger charge is -2.70. The summed E-state index contributed by atoms with van der Waals surface area (Å²) in [6, 6.07) is 9.12. The third kappa shape index (κ3) is 3.35. The molecule has 0 saturated heterocycles. The van der Waals surface area contributed by atoms with E-state index in [1.54, 1.807) is 24.5 Å². The summed E-state index contributed by atoms with van der Waals surface area (Å²) in [5.41, 5.74) is 2.10. The van der Waals surface area contributed by atoms with Crippen molar-refractivity contribution in [2.75, 3.05) is 6.61 Å². The van der Waals surface area contributed by atoms with Crippen LogP contribution in [0.25, 0.3) is 11.0 Å². The second-order valence-electron chi connectivity index (χ2n) is 8.82. The minimum atomic E-state index is -0.168. The van der Waals surface area contributed by atoms with Crippen LogP contribution in [0.5, 0.6) is 5.75 Å². The maximum absolute atomic E-state index is 12.6. The Morgan fingerprint density at radius 1 is 1.23 bits per heavy atom. The molecule has 0 spiro atoms. The summed E-state index contributed by atoms with van der Waals surface area (Å²) in [4.78, 5) is 32.3. The second kappa shape index (κ2) is 6.84. The monoisotopic (exact) mass is 423 g/mol. The van der Waals surface area contributed by atoms with E-state index in [-0.39, 0.29) is 29.3 Å². The number of H-pyrrole nitrogens is 1. The molecule has 3 aliphatic rings. The number of aryl methyl sites for hydroxylation is 1. The zero-order valence-electron chi connectivity index (χ0n) is 16.6. The number of fused-ring (bicyclic) bond motifs is 1. The number of halogens is 1. The van der Waals surface area contributed by atoms with E-state index in [1.807, 2.05) is 25.1 Å². The highest BCUT2D eigenvalue weighted by Crippen LogP contribution is 2.69. The number of nitrogens with one attached hydrogen (secondary N) is 2. The van der Waals surface area contributed by atoms with Crippen molar-refractivity contribution in [1.29, 1.82) is 0 Å². The Labute approximate surface area is 179 Å². The van der Waals surface area contributed by atoms with E-state index in [4.69, 9.17) is 16.3 Å². The lowest BCUT2D eigenvalue weighted by atomic mass is 9.38. The summed E-state index contributed by atoms with van der Waals surface area (Å²) in [6.45, 7) is 1.96. The van der Waals surface area contributed by atoms with Crippen LogP contribution in [-0.4, -0.2) is 33.8 Å². The third-order valence-electron chi connectivity index (χ3n) is 6.28. The number of ketones is 1. The summed E-state index contributed by atoms with van der Waals surface area (Å²) in [5, 5.41) is 4.75.